The Morgan fingerprint density at radius 1 is 0.571 bits per heavy atom. The molecule has 4 N–H and O–H groups in total. The molecule has 0 unspecified atom stereocenters. The summed E-state index contributed by atoms with van der Waals surface area (Å²) in [7, 11) is 0. The Hall–Kier alpha value is -0.280. The first-order valence-corrected chi connectivity index (χ1v) is 14.6. The lowest BCUT2D eigenvalue weighted by Crippen LogP contribution is -2.67. The van der Waals surface area contributed by atoms with Crippen LogP contribution >= 0.6 is 0 Å². The molecule has 0 aromatic heterocycles. The standard InChI is InChI=1S/C28H56O7/c1-3-5-7-9-11-13-15-17-19-21-33-28(27(32)26(31)25(30)24(23-29)35-28)34-22-20-18-16-14-12-10-8-6-4-2/h24-27,29-32H,3-23H2,1-2H3/t24-,25-,26+,27-/m1/s1. The monoisotopic (exact) mass is 504 g/mol. The molecule has 1 heterocycles. The zero-order chi connectivity index (χ0) is 25.8. The summed E-state index contributed by atoms with van der Waals surface area (Å²) in [6.07, 6.45) is 15.6. The first-order chi connectivity index (χ1) is 17.0. The molecule has 0 amide bonds. The second kappa shape index (κ2) is 20.7. The zero-order valence-corrected chi connectivity index (χ0v) is 22.7. The predicted molar refractivity (Wildman–Crippen MR) is 139 cm³/mol. The fourth-order valence-electron chi connectivity index (χ4n) is 4.65. The summed E-state index contributed by atoms with van der Waals surface area (Å²) in [5.41, 5.74) is 0. The smallest absolute Gasteiger partial charge is 0.313 e. The maximum absolute atomic E-state index is 10.7. The minimum Gasteiger partial charge on any atom is -0.394 e. The van der Waals surface area contributed by atoms with E-state index in [1.165, 1.54) is 77.0 Å². The molecule has 210 valence electrons. The molecule has 4 atom stereocenters. The second-order valence-corrected chi connectivity index (χ2v) is 10.2. The van der Waals surface area contributed by atoms with E-state index < -0.39 is 37.0 Å². The quantitative estimate of drug-likeness (QED) is 0.112. The van der Waals surface area contributed by atoms with E-state index in [1.54, 1.807) is 0 Å². The van der Waals surface area contributed by atoms with Gasteiger partial charge in [0.25, 0.3) is 0 Å². The average molecular weight is 505 g/mol. The van der Waals surface area contributed by atoms with E-state index in [9.17, 15) is 20.4 Å². The van der Waals surface area contributed by atoms with E-state index in [0.29, 0.717) is 13.2 Å². The molecular weight excluding hydrogens is 448 g/mol. The second-order valence-electron chi connectivity index (χ2n) is 10.2. The van der Waals surface area contributed by atoms with Gasteiger partial charge in [0.1, 0.15) is 18.3 Å². The van der Waals surface area contributed by atoms with Crippen LogP contribution in [-0.4, -0.2) is 70.6 Å². The minimum absolute atomic E-state index is 0.311. The van der Waals surface area contributed by atoms with Crippen molar-refractivity contribution in [1.82, 2.24) is 0 Å². The number of aliphatic hydroxyl groups is 4. The molecule has 0 aliphatic carbocycles. The van der Waals surface area contributed by atoms with Crippen molar-refractivity contribution < 1.29 is 34.6 Å². The fraction of sp³-hybridized carbons (Fsp3) is 1.00. The summed E-state index contributed by atoms with van der Waals surface area (Å²) in [5.74, 6) is -1.87. The van der Waals surface area contributed by atoms with Crippen LogP contribution in [0, 0.1) is 0 Å². The number of hydrogen-bond donors (Lipinski definition) is 4. The Morgan fingerprint density at radius 2 is 0.943 bits per heavy atom. The van der Waals surface area contributed by atoms with Crippen LogP contribution < -0.4 is 0 Å². The molecule has 1 fully saturated rings. The highest BCUT2D eigenvalue weighted by atomic mass is 16.9. The molecule has 7 heteroatoms. The minimum atomic E-state index is -1.87. The van der Waals surface area contributed by atoms with Crippen molar-refractivity contribution in [3.8, 4) is 0 Å². The van der Waals surface area contributed by atoms with Gasteiger partial charge in [-0.2, -0.15) is 0 Å². The highest BCUT2D eigenvalue weighted by molar-refractivity contribution is 4.93. The Labute approximate surface area is 214 Å². The van der Waals surface area contributed by atoms with Crippen LogP contribution in [0.1, 0.15) is 129 Å². The molecule has 0 saturated carbocycles. The Kier molecular flexibility index (Phi) is 19.4. The first-order valence-electron chi connectivity index (χ1n) is 14.6. The van der Waals surface area contributed by atoms with Gasteiger partial charge in [0, 0.05) is 0 Å². The van der Waals surface area contributed by atoms with Gasteiger partial charge >= 0.3 is 5.97 Å². The molecular formula is C28H56O7. The van der Waals surface area contributed by atoms with Crippen LogP contribution in [0.2, 0.25) is 0 Å². The van der Waals surface area contributed by atoms with Gasteiger partial charge in [-0.05, 0) is 12.8 Å². The van der Waals surface area contributed by atoms with E-state index >= 15 is 0 Å². The lowest BCUT2D eigenvalue weighted by Gasteiger charge is -2.47. The highest BCUT2D eigenvalue weighted by Gasteiger charge is 2.55. The molecule has 1 aliphatic heterocycles. The maximum Gasteiger partial charge on any atom is 0.313 e. The topological polar surface area (TPSA) is 109 Å². The van der Waals surface area contributed by atoms with Crippen molar-refractivity contribution in [1.29, 1.82) is 0 Å². The Balaban J connectivity index is 2.41. The van der Waals surface area contributed by atoms with Gasteiger partial charge in [-0.1, -0.05) is 117 Å². The number of rotatable bonds is 23. The Morgan fingerprint density at radius 3 is 1.31 bits per heavy atom. The third-order valence-corrected chi connectivity index (χ3v) is 7.01. The van der Waals surface area contributed by atoms with Crippen LogP contribution in [0.4, 0.5) is 0 Å². The van der Waals surface area contributed by atoms with Crippen molar-refractivity contribution in [3.05, 3.63) is 0 Å². The lowest BCUT2D eigenvalue weighted by atomic mass is 9.97. The summed E-state index contributed by atoms with van der Waals surface area (Å²) in [5, 5.41) is 40.8. The van der Waals surface area contributed by atoms with Gasteiger partial charge in [-0.15, -0.1) is 0 Å². The van der Waals surface area contributed by atoms with Crippen LogP contribution in [0.25, 0.3) is 0 Å². The zero-order valence-electron chi connectivity index (χ0n) is 22.7. The van der Waals surface area contributed by atoms with Crippen LogP contribution in [0.3, 0.4) is 0 Å². The molecule has 0 spiro atoms. The normalized spacial score (nSPS) is 24.2. The first kappa shape index (κ1) is 32.7. The molecule has 1 aliphatic rings. The summed E-state index contributed by atoms with van der Waals surface area (Å²) in [6.45, 7) is 4.57. The van der Waals surface area contributed by atoms with Gasteiger partial charge in [0.2, 0.25) is 0 Å². The van der Waals surface area contributed by atoms with Crippen molar-refractivity contribution in [2.24, 2.45) is 0 Å². The molecule has 1 rings (SSSR count). The highest BCUT2D eigenvalue weighted by Crippen LogP contribution is 2.33. The lowest BCUT2D eigenvalue weighted by molar-refractivity contribution is -0.461. The summed E-state index contributed by atoms with van der Waals surface area (Å²) < 4.78 is 17.5. The predicted octanol–water partition coefficient (Wildman–Crippen LogP) is 5.21. The molecule has 35 heavy (non-hydrogen) atoms. The molecule has 0 aromatic rings. The summed E-state index contributed by atoms with van der Waals surface area (Å²) in [4.78, 5) is 0. The third-order valence-electron chi connectivity index (χ3n) is 7.01. The Bertz CT molecular complexity index is 450. The van der Waals surface area contributed by atoms with Crippen LogP contribution in [-0.2, 0) is 14.2 Å². The van der Waals surface area contributed by atoms with Crippen molar-refractivity contribution in [2.45, 2.75) is 160 Å². The fourth-order valence-corrected chi connectivity index (χ4v) is 4.65. The van der Waals surface area contributed by atoms with Gasteiger partial charge < -0.3 is 34.6 Å². The molecule has 1 saturated heterocycles. The van der Waals surface area contributed by atoms with Crippen molar-refractivity contribution in [3.63, 3.8) is 0 Å². The number of ether oxygens (including phenoxy) is 3. The van der Waals surface area contributed by atoms with E-state index in [1.807, 2.05) is 0 Å². The van der Waals surface area contributed by atoms with E-state index in [-0.39, 0.29) is 0 Å². The van der Waals surface area contributed by atoms with Gasteiger partial charge in [-0.3, -0.25) is 0 Å². The average Bonchev–Trinajstić information content (AvgIpc) is 2.87. The number of aliphatic hydroxyl groups excluding tert-OH is 4. The number of hydrogen-bond acceptors (Lipinski definition) is 7. The largest absolute Gasteiger partial charge is 0.394 e. The molecule has 0 bridgehead atoms. The SMILES string of the molecule is CCCCCCCCCCCOC1(OCCCCCCCCCCC)O[C@H](CO)[C@@H](O)[C@H](O)[C@H]1O. The van der Waals surface area contributed by atoms with E-state index in [0.717, 1.165) is 38.5 Å². The molecule has 0 radical (unpaired) electrons. The van der Waals surface area contributed by atoms with Gasteiger partial charge in [-0.25, -0.2) is 0 Å². The van der Waals surface area contributed by atoms with Crippen molar-refractivity contribution >= 4 is 0 Å². The third kappa shape index (κ3) is 13.2. The maximum atomic E-state index is 10.7. The number of unbranched alkanes of at least 4 members (excludes halogenated alkanes) is 16. The van der Waals surface area contributed by atoms with Crippen molar-refractivity contribution in [2.75, 3.05) is 19.8 Å². The van der Waals surface area contributed by atoms with Crippen LogP contribution in [0.15, 0.2) is 0 Å². The van der Waals surface area contributed by atoms with E-state index in [4.69, 9.17) is 14.2 Å². The van der Waals surface area contributed by atoms with E-state index in [2.05, 4.69) is 13.8 Å². The molecule has 0 aromatic carbocycles. The van der Waals surface area contributed by atoms with Crippen LogP contribution in [0.5, 0.6) is 0 Å². The van der Waals surface area contributed by atoms with Gasteiger partial charge in [0.05, 0.1) is 19.8 Å². The summed E-state index contributed by atoms with van der Waals surface area (Å²) in [6, 6.07) is 0. The molecule has 7 nitrogen and oxygen atoms in total. The van der Waals surface area contributed by atoms with Gasteiger partial charge in [0.15, 0.2) is 6.10 Å². The summed E-state index contributed by atoms with van der Waals surface area (Å²) >= 11 is 0.